The lowest BCUT2D eigenvalue weighted by molar-refractivity contribution is 0.439. The molecular formula is C18H21ClFN. The highest BCUT2D eigenvalue weighted by atomic mass is 35.5. The van der Waals surface area contributed by atoms with E-state index in [0.717, 1.165) is 23.4 Å². The third-order valence-corrected chi connectivity index (χ3v) is 3.92. The van der Waals surface area contributed by atoms with E-state index < -0.39 is 0 Å². The van der Waals surface area contributed by atoms with Gasteiger partial charge in [-0.25, -0.2) is 4.39 Å². The number of rotatable bonds is 6. The number of benzene rings is 2. The third kappa shape index (κ3) is 4.55. The summed E-state index contributed by atoms with van der Waals surface area (Å²) in [5, 5.41) is 4.37. The summed E-state index contributed by atoms with van der Waals surface area (Å²) in [4.78, 5) is 0. The van der Waals surface area contributed by atoms with Gasteiger partial charge in [0.1, 0.15) is 5.82 Å². The summed E-state index contributed by atoms with van der Waals surface area (Å²) >= 11 is 5.95. The predicted octanol–water partition coefficient (Wildman–Crippen LogP) is 5.67. The monoisotopic (exact) mass is 305 g/mol. The molecule has 0 aliphatic carbocycles. The molecule has 0 spiro atoms. The smallest absolute Gasteiger partial charge is 0.123 e. The minimum atomic E-state index is -0.200. The van der Waals surface area contributed by atoms with Gasteiger partial charge in [0.05, 0.1) is 0 Å². The zero-order valence-electron chi connectivity index (χ0n) is 12.4. The van der Waals surface area contributed by atoms with Crippen molar-refractivity contribution >= 4 is 11.6 Å². The lowest BCUT2D eigenvalue weighted by atomic mass is 9.99. The Kier molecular flexibility index (Phi) is 5.77. The Bertz CT molecular complexity index is 550. The van der Waals surface area contributed by atoms with Gasteiger partial charge in [0.25, 0.3) is 0 Å². The Balaban J connectivity index is 2.11. The fraction of sp³-hybridized carbons (Fsp3) is 0.333. The fourth-order valence-corrected chi connectivity index (χ4v) is 2.61. The molecule has 2 atom stereocenters. The molecule has 2 aromatic rings. The van der Waals surface area contributed by atoms with Crippen LogP contribution >= 0.6 is 11.6 Å². The first-order valence-corrected chi connectivity index (χ1v) is 7.75. The summed E-state index contributed by atoms with van der Waals surface area (Å²) in [5.41, 5.74) is 2.32. The summed E-state index contributed by atoms with van der Waals surface area (Å²) in [5.74, 6) is -0.200. The maximum Gasteiger partial charge on any atom is 0.123 e. The highest BCUT2D eigenvalue weighted by Crippen LogP contribution is 2.24. The van der Waals surface area contributed by atoms with Crippen LogP contribution < -0.4 is 5.32 Å². The molecule has 21 heavy (non-hydrogen) atoms. The van der Waals surface area contributed by atoms with Crippen molar-refractivity contribution in [3.05, 3.63) is 70.5 Å². The Labute approximate surface area is 131 Å². The molecule has 3 heteroatoms. The van der Waals surface area contributed by atoms with Crippen LogP contribution in [0.1, 0.15) is 49.9 Å². The van der Waals surface area contributed by atoms with Gasteiger partial charge >= 0.3 is 0 Å². The third-order valence-electron chi connectivity index (χ3n) is 3.67. The molecule has 1 N–H and O–H groups in total. The van der Waals surface area contributed by atoms with E-state index in [2.05, 4.69) is 31.3 Å². The van der Waals surface area contributed by atoms with Gasteiger partial charge in [0, 0.05) is 17.1 Å². The van der Waals surface area contributed by atoms with Gasteiger partial charge in [0.2, 0.25) is 0 Å². The maximum absolute atomic E-state index is 13.0. The van der Waals surface area contributed by atoms with Gasteiger partial charge in [-0.3, -0.25) is 0 Å². The van der Waals surface area contributed by atoms with Crippen molar-refractivity contribution in [3.8, 4) is 0 Å². The molecule has 1 nitrogen and oxygen atoms in total. The quantitative estimate of drug-likeness (QED) is 0.725. The minimum Gasteiger partial charge on any atom is -0.303 e. The van der Waals surface area contributed by atoms with Crippen molar-refractivity contribution in [3.63, 3.8) is 0 Å². The molecule has 0 saturated carbocycles. The number of halogens is 2. The number of hydrogen-bond donors (Lipinski definition) is 1. The van der Waals surface area contributed by atoms with Gasteiger partial charge in [0.15, 0.2) is 0 Å². The Morgan fingerprint density at radius 1 is 1.00 bits per heavy atom. The van der Waals surface area contributed by atoms with Gasteiger partial charge < -0.3 is 5.32 Å². The second-order valence-corrected chi connectivity index (χ2v) is 5.77. The Hall–Kier alpha value is -1.38. The van der Waals surface area contributed by atoms with E-state index >= 15 is 0 Å². The Morgan fingerprint density at radius 3 is 2.14 bits per heavy atom. The van der Waals surface area contributed by atoms with Crippen LogP contribution in [-0.4, -0.2) is 0 Å². The first-order chi connectivity index (χ1) is 10.1. The van der Waals surface area contributed by atoms with E-state index in [-0.39, 0.29) is 17.9 Å². The summed E-state index contributed by atoms with van der Waals surface area (Å²) in [6.07, 6.45) is 2.14. The predicted molar refractivity (Wildman–Crippen MR) is 87.1 cm³/mol. The minimum absolute atomic E-state index is 0.165. The standard InChI is InChI=1S/C18H21ClFN/c1-3-4-18(15-5-9-16(19)10-6-15)21-13(2)14-7-11-17(20)12-8-14/h5-13,18,21H,3-4H2,1-2H3. The lowest BCUT2D eigenvalue weighted by Crippen LogP contribution is -2.24. The van der Waals surface area contributed by atoms with Gasteiger partial charge in [-0.15, -0.1) is 0 Å². The molecular weight excluding hydrogens is 285 g/mol. The summed E-state index contributed by atoms with van der Waals surface area (Å²) in [7, 11) is 0. The van der Waals surface area contributed by atoms with Crippen LogP contribution in [-0.2, 0) is 0 Å². The average molecular weight is 306 g/mol. The molecule has 2 aromatic carbocycles. The van der Waals surface area contributed by atoms with Crippen molar-refractivity contribution in [2.75, 3.05) is 0 Å². The number of nitrogens with one attached hydrogen (secondary N) is 1. The van der Waals surface area contributed by atoms with Crippen molar-refractivity contribution in [2.45, 2.75) is 38.8 Å². The molecule has 0 aliphatic rings. The van der Waals surface area contributed by atoms with E-state index in [0.29, 0.717) is 0 Å². The molecule has 0 aromatic heterocycles. The van der Waals surface area contributed by atoms with E-state index in [1.54, 1.807) is 0 Å². The van der Waals surface area contributed by atoms with Gasteiger partial charge in [-0.2, -0.15) is 0 Å². The highest BCUT2D eigenvalue weighted by Gasteiger charge is 2.14. The van der Waals surface area contributed by atoms with Gasteiger partial charge in [-0.05, 0) is 48.7 Å². The molecule has 0 heterocycles. The van der Waals surface area contributed by atoms with Crippen LogP contribution in [0.15, 0.2) is 48.5 Å². The fourth-order valence-electron chi connectivity index (χ4n) is 2.48. The normalized spacial score (nSPS) is 13.9. The van der Waals surface area contributed by atoms with Crippen molar-refractivity contribution in [1.82, 2.24) is 5.32 Å². The summed E-state index contributed by atoms with van der Waals surface area (Å²) in [6, 6.07) is 15.1. The summed E-state index contributed by atoms with van der Waals surface area (Å²) < 4.78 is 13.0. The van der Waals surface area contributed by atoms with Crippen LogP contribution in [0.5, 0.6) is 0 Å². The molecule has 0 radical (unpaired) electrons. The van der Waals surface area contributed by atoms with Crippen molar-refractivity contribution in [2.24, 2.45) is 0 Å². The van der Waals surface area contributed by atoms with Crippen LogP contribution in [0.4, 0.5) is 4.39 Å². The molecule has 2 rings (SSSR count). The lowest BCUT2D eigenvalue weighted by Gasteiger charge is -2.24. The molecule has 0 fully saturated rings. The van der Waals surface area contributed by atoms with Crippen LogP contribution in [0.2, 0.25) is 5.02 Å². The van der Waals surface area contributed by atoms with E-state index in [1.807, 2.05) is 24.3 Å². The first-order valence-electron chi connectivity index (χ1n) is 7.37. The van der Waals surface area contributed by atoms with E-state index in [1.165, 1.54) is 17.7 Å². The largest absolute Gasteiger partial charge is 0.303 e. The van der Waals surface area contributed by atoms with Crippen LogP contribution in [0, 0.1) is 5.82 Å². The first kappa shape index (κ1) is 16.0. The van der Waals surface area contributed by atoms with Crippen LogP contribution in [0.3, 0.4) is 0 Å². The number of hydrogen-bond acceptors (Lipinski definition) is 1. The van der Waals surface area contributed by atoms with Crippen molar-refractivity contribution in [1.29, 1.82) is 0 Å². The second-order valence-electron chi connectivity index (χ2n) is 5.33. The second kappa shape index (κ2) is 7.58. The van der Waals surface area contributed by atoms with Crippen molar-refractivity contribution < 1.29 is 4.39 Å². The molecule has 2 unspecified atom stereocenters. The van der Waals surface area contributed by atoms with Gasteiger partial charge in [-0.1, -0.05) is 49.2 Å². The molecule has 0 bridgehead atoms. The molecule has 0 amide bonds. The molecule has 0 saturated heterocycles. The highest BCUT2D eigenvalue weighted by molar-refractivity contribution is 6.30. The SMILES string of the molecule is CCCC(NC(C)c1ccc(F)cc1)c1ccc(Cl)cc1. The van der Waals surface area contributed by atoms with E-state index in [9.17, 15) is 4.39 Å². The summed E-state index contributed by atoms with van der Waals surface area (Å²) in [6.45, 7) is 4.28. The van der Waals surface area contributed by atoms with E-state index in [4.69, 9.17) is 11.6 Å². The Morgan fingerprint density at radius 2 is 1.57 bits per heavy atom. The maximum atomic E-state index is 13.0. The zero-order valence-corrected chi connectivity index (χ0v) is 13.2. The average Bonchev–Trinajstić information content (AvgIpc) is 2.48. The topological polar surface area (TPSA) is 12.0 Å². The van der Waals surface area contributed by atoms with Crippen LogP contribution in [0.25, 0.3) is 0 Å². The molecule has 0 aliphatic heterocycles. The zero-order chi connectivity index (χ0) is 15.2. The molecule has 112 valence electrons.